The molecule has 0 aliphatic heterocycles. The monoisotopic (exact) mass is 559 g/mol. The van der Waals surface area contributed by atoms with E-state index in [1.54, 1.807) is 42.3 Å². The Morgan fingerprint density at radius 3 is 2.35 bits per heavy atom. The second-order valence-corrected chi connectivity index (χ2v) is 9.93. The molecule has 0 unspecified atom stereocenters. The lowest BCUT2D eigenvalue weighted by molar-refractivity contribution is 0.0779. The molecule has 2 aromatic carbocycles. The lowest BCUT2D eigenvalue weighted by Crippen LogP contribution is -2.36. The smallest absolute Gasteiger partial charge is 0.413 e. The van der Waals surface area contributed by atoms with Crippen molar-refractivity contribution in [1.82, 2.24) is 24.8 Å². The van der Waals surface area contributed by atoms with Crippen LogP contribution in [0.25, 0.3) is 10.6 Å². The van der Waals surface area contributed by atoms with Crippen molar-refractivity contribution in [3.05, 3.63) is 83.5 Å². The summed E-state index contributed by atoms with van der Waals surface area (Å²) in [5.74, 6) is 0.412. The number of benzene rings is 2. The normalized spacial score (nSPS) is 10.9. The topological polar surface area (TPSA) is 115 Å². The minimum Gasteiger partial charge on any atom is -0.465 e. The third kappa shape index (κ3) is 7.39. The minimum atomic E-state index is -1.15. The summed E-state index contributed by atoms with van der Waals surface area (Å²) < 4.78 is 0. The average molecular weight is 560 g/mol. The van der Waals surface area contributed by atoms with E-state index in [1.807, 2.05) is 35.7 Å². The predicted octanol–water partition coefficient (Wildman–Crippen LogP) is 5.44. The first-order valence-corrected chi connectivity index (χ1v) is 13.9. The van der Waals surface area contributed by atoms with Gasteiger partial charge in [-0.3, -0.25) is 9.69 Å². The van der Waals surface area contributed by atoms with Gasteiger partial charge in [0.05, 0.1) is 12.2 Å². The van der Waals surface area contributed by atoms with E-state index in [0.29, 0.717) is 23.5 Å². The fourth-order valence-electron chi connectivity index (χ4n) is 4.04. The van der Waals surface area contributed by atoms with E-state index in [-0.39, 0.29) is 24.2 Å². The molecule has 11 heteroatoms. The Labute approximate surface area is 237 Å². The Morgan fingerprint density at radius 1 is 0.950 bits per heavy atom. The Hall–Kier alpha value is -4.35. The summed E-state index contributed by atoms with van der Waals surface area (Å²) in [5, 5.41) is 15.7. The molecule has 0 aliphatic rings. The number of hydrogen-bond acceptors (Lipinski definition) is 8. The summed E-state index contributed by atoms with van der Waals surface area (Å²) in [6.45, 7) is 7.64. The van der Waals surface area contributed by atoms with E-state index in [2.05, 4.69) is 39.0 Å². The van der Waals surface area contributed by atoms with E-state index in [1.165, 1.54) is 17.5 Å². The largest absolute Gasteiger partial charge is 0.465 e. The van der Waals surface area contributed by atoms with E-state index in [9.17, 15) is 14.7 Å². The summed E-state index contributed by atoms with van der Waals surface area (Å²) in [7, 11) is 1.81. The molecule has 0 radical (unpaired) electrons. The molecule has 4 aromatic rings. The van der Waals surface area contributed by atoms with Crippen molar-refractivity contribution in [2.45, 2.75) is 20.4 Å². The first-order chi connectivity index (χ1) is 19.4. The number of nitrogens with one attached hydrogen (secondary N) is 1. The van der Waals surface area contributed by atoms with Crippen LogP contribution in [-0.2, 0) is 6.54 Å². The highest BCUT2D eigenvalue weighted by molar-refractivity contribution is 7.13. The van der Waals surface area contributed by atoms with E-state index < -0.39 is 6.09 Å². The predicted molar refractivity (Wildman–Crippen MR) is 158 cm³/mol. The van der Waals surface area contributed by atoms with Gasteiger partial charge in [-0.25, -0.2) is 14.8 Å². The lowest BCUT2D eigenvalue weighted by atomic mass is 10.2. The average Bonchev–Trinajstić information content (AvgIpc) is 3.45. The van der Waals surface area contributed by atoms with Gasteiger partial charge in [0.25, 0.3) is 5.91 Å². The molecule has 0 fully saturated rings. The molecule has 0 spiro atoms. The maximum atomic E-state index is 12.8. The minimum absolute atomic E-state index is 0.0493. The molecule has 2 aromatic heterocycles. The van der Waals surface area contributed by atoms with Crippen LogP contribution in [0.4, 0.5) is 22.2 Å². The van der Waals surface area contributed by atoms with Gasteiger partial charge in [-0.2, -0.15) is 4.98 Å². The second kappa shape index (κ2) is 13.6. The molecule has 2 amide bonds. The van der Waals surface area contributed by atoms with Crippen LogP contribution in [0, 0.1) is 0 Å². The molecular formula is C29H33N7O3S. The van der Waals surface area contributed by atoms with Crippen molar-refractivity contribution in [1.29, 1.82) is 0 Å². The highest BCUT2D eigenvalue weighted by atomic mass is 32.1. The van der Waals surface area contributed by atoms with Gasteiger partial charge in [0.15, 0.2) is 0 Å². The van der Waals surface area contributed by atoms with Gasteiger partial charge in [0.1, 0.15) is 10.8 Å². The SMILES string of the molecule is CCN(CC)CCN(C)C(=O)c1ccc(Nc2nccc(N(Cc3csc(-c4ccccc4)n3)C(=O)O)n2)cc1. The van der Waals surface area contributed by atoms with Gasteiger partial charge in [0.2, 0.25) is 5.95 Å². The number of amides is 2. The van der Waals surface area contributed by atoms with Gasteiger partial charge in [0, 0.05) is 48.5 Å². The van der Waals surface area contributed by atoms with Crippen LogP contribution < -0.4 is 10.2 Å². The fraction of sp³-hybridized carbons (Fsp3) is 0.276. The van der Waals surface area contributed by atoms with Crippen LogP contribution in [0.15, 0.2) is 72.2 Å². The third-order valence-corrected chi connectivity index (χ3v) is 7.36. The van der Waals surface area contributed by atoms with Crippen molar-refractivity contribution in [3.8, 4) is 10.6 Å². The number of carboxylic acid groups (broad SMARTS) is 1. The standard InChI is InChI=1S/C29H33N7O3S/c1-4-35(5-2)18-17-34(3)27(37)22-11-13-23(14-12-22)32-28-30-16-15-25(33-28)36(29(38)39)19-24-20-40-26(31-24)21-9-7-6-8-10-21/h6-16,20H,4-5,17-19H2,1-3H3,(H,38,39)(H,30,32,33). The van der Waals surface area contributed by atoms with Crippen LogP contribution >= 0.6 is 11.3 Å². The first kappa shape index (κ1) is 28.7. The summed E-state index contributed by atoms with van der Waals surface area (Å²) in [6.07, 6.45) is 0.353. The van der Waals surface area contributed by atoms with Crippen molar-refractivity contribution in [2.75, 3.05) is 43.4 Å². The maximum Gasteiger partial charge on any atom is 0.413 e. The zero-order valence-electron chi connectivity index (χ0n) is 22.8. The number of anilines is 3. The molecule has 40 heavy (non-hydrogen) atoms. The fourth-order valence-corrected chi connectivity index (χ4v) is 4.86. The van der Waals surface area contributed by atoms with Gasteiger partial charge in [-0.1, -0.05) is 44.2 Å². The molecule has 10 nitrogen and oxygen atoms in total. The van der Waals surface area contributed by atoms with Crippen LogP contribution in [0.1, 0.15) is 29.9 Å². The van der Waals surface area contributed by atoms with Gasteiger partial charge < -0.3 is 20.2 Å². The van der Waals surface area contributed by atoms with Crippen LogP contribution in [0.5, 0.6) is 0 Å². The van der Waals surface area contributed by atoms with E-state index in [4.69, 9.17) is 0 Å². The molecule has 0 saturated carbocycles. The molecule has 0 bridgehead atoms. The maximum absolute atomic E-state index is 12.8. The molecule has 2 heterocycles. The number of aromatic nitrogens is 3. The summed E-state index contributed by atoms with van der Waals surface area (Å²) >= 11 is 1.46. The van der Waals surface area contributed by atoms with Gasteiger partial charge in [-0.15, -0.1) is 11.3 Å². The third-order valence-electron chi connectivity index (χ3n) is 6.42. The van der Waals surface area contributed by atoms with Crippen LogP contribution in [-0.4, -0.2) is 75.1 Å². The van der Waals surface area contributed by atoms with Gasteiger partial charge in [-0.05, 0) is 43.4 Å². The quantitative estimate of drug-likeness (QED) is 0.236. The number of thiazole rings is 1. The molecule has 208 valence electrons. The molecule has 0 saturated heterocycles. The number of rotatable bonds is 12. The van der Waals surface area contributed by atoms with Gasteiger partial charge >= 0.3 is 6.09 Å². The Morgan fingerprint density at radius 2 is 1.68 bits per heavy atom. The molecular weight excluding hydrogens is 526 g/mol. The zero-order chi connectivity index (χ0) is 28.5. The Balaban J connectivity index is 1.41. The summed E-state index contributed by atoms with van der Waals surface area (Å²) in [4.78, 5) is 43.3. The number of carbonyl (C=O) groups is 2. The first-order valence-electron chi connectivity index (χ1n) is 13.1. The molecule has 2 N–H and O–H groups in total. The zero-order valence-corrected chi connectivity index (χ0v) is 23.6. The highest BCUT2D eigenvalue weighted by Crippen LogP contribution is 2.25. The van der Waals surface area contributed by atoms with Crippen molar-refractivity contribution in [2.24, 2.45) is 0 Å². The Bertz CT molecular complexity index is 1410. The molecule has 4 rings (SSSR count). The van der Waals surface area contributed by atoms with Crippen molar-refractivity contribution in [3.63, 3.8) is 0 Å². The molecule has 0 atom stereocenters. The van der Waals surface area contributed by atoms with Crippen LogP contribution in [0.2, 0.25) is 0 Å². The summed E-state index contributed by atoms with van der Waals surface area (Å²) in [5.41, 5.74) is 2.86. The second-order valence-electron chi connectivity index (χ2n) is 9.07. The van der Waals surface area contributed by atoms with E-state index >= 15 is 0 Å². The van der Waals surface area contributed by atoms with Crippen LogP contribution in [0.3, 0.4) is 0 Å². The lowest BCUT2D eigenvalue weighted by Gasteiger charge is -2.23. The number of likely N-dealkylation sites (N-methyl/N-ethyl adjacent to an activating group) is 2. The van der Waals surface area contributed by atoms with Crippen molar-refractivity contribution < 1.29 is 14.7 Å². The summed E-state index contributed by atoms with van der Waals surface area (Å²) in [6, 6.07) is 18.3. The van der Waals surface area contributed by atoms with E-state index in [0.717, 1.165) is 35.1 Å². The Kier molecular flexibility index (Phi) is 9.76. The number of carbonyl (C=O) groups excluding carboxylic acids is 1. The molecule has 0 aliphatic carbocycles. The number of nitrogens with zero attached hydrogens (tertiary/aromatic N) is 6. The number of hydrogen-bond donors (Lipinski definition) is 2. The highest BCUT2D eigenvalue weighted by Gasteiger charge is 2.19. The van der Waals surface area contributed by atoms with Crippen molar-refractivity contribution >= 4 is 40.8 Å².